The number of hydrogen-bond acceptors (Lipinski definition) is 3. The first-order chi connectivity index (χ1) is 7.81. The van der Waals surface area contributed by atoms with Crippen LogP contribution in [0, 0.1) is 5.92 Å². The van der Waals surface area contributed by atoms with Gasteiger partial charge in [-0.25, -0.2) is 0 Å². The van der Waals surface area contributed by atoms with Crippen LogP contribution in [0.1, 0.15) is 40.5 Å². The molecular weight excluding hydrogens is 216 g/mol. The van der Waals surface area contributed by atoms with Crippen molar-refractivity contribution in [3.05, 3.63) is 0 Å². The van der Waals surface area contributed by atoms with Crippen molar-refractivity contribution in [1.29, 1.82) is 0 Å². The van der Waals surface area contributed by atoms with E-state index in [9.17, 15) is 9.59 Å². The van der Waals surface area contributed by atoms with Crippen molar-refractivity contribution in [1.82, 2.24) is 10.2 Å². The van der Waals surface area contributed by atoms with E-state index in [4.69, 9.17) is 0 Å². The predicted molar refractivity (Wildman–Crippen MR) is 67.7 cm³/mol. The van der Waals surface area contributed by atoms with Crippen molar-refractivity contribution >= 4 is 11.7 Å². The second kappa shape index (κ2) is 5.17. The molecular formula is C13H24N2O2. The van der Waals surface area contributed by atoms with Gasteiger partial charge in [0.25, 0.3) is 5.91 Å². The van der Waals surface area contributed by atoms with Gasteiger partial charge in [0, 0.05) is 24.0 Å². The zero-order valence-corrected chi connectivity index (χ0v) is 11.5. The highest BCUT2D eigenvalue weighted by molar-refractivity contribution is 6.37. The van der Waals surface area contributed by atoms with Gasteiger partial charge in [-0.1, -0.05) is 13.8 Å². The van der Waals surface area contributed by atoms with Crippen molar-refractivity contribution in [2.24, 2.45) is 5.92 Å². The number of nitrogens with one attached hydrogen (secondary N) is 1. The molecule has 1 saturated heterocycles. The van der Waals surface area contributed by atoms with Gasteiger partial charge in [0.1, 0.15) is 0 Å². The lowest BCUT2D eigenvalue weighted by molar-refractivity contribution is -0.150. The van der Waals surface area contributed by atoms with E-state index in [-0.39, 0.29) is 29.2 Å². The lowest BCUT2D eigenvalue weighted by atomic mass is 10.0. The zero-order chi connectivity index (χ0) is 13.2. The molecule has 1 atom stereocenters. The number of ketones is 1. The molecule has 0 spiro atoms. The Hall–Kier alpha value is -0.900. The average Bonchev–Trinajstić information content (AvgIpc) is 2.52. The second-order valence-electron chi connectivity index (χ2n) is 5.76. The summed E-state index contributed by atoms with van der Waals surface area (Å²) in [6.07, 6.45) is 1.92. The number of likely N-dealkylation sites (tertiary alicyclic amines) is 1. The molecule has 0 aromatic carbocycles. The summed E-state index contributed by atoms with van der Waals surface area (Å²) in [7, 11) is 1.87. The van der Waals surface area contributed by atoms with Crippen LogP contribution in [0.5, 0.6) is 0 Å². The quantitative estimate of drug-likeness (QED) is 0.751. The van der Waals surface area contributed by atoms with Gasteiger partial charge >= 0.3 is 0 Å². The Kier molecular flexibility index (Phi) is 4.31. The molecule has 1 heterocycles. The predicted octanol–water partition coefficient (Wildman–Crippen LogP) is 1.20. The lowest BCUT2D eigenvalue weighted by Gasteiger charge is -2.35. The smallest absolute Gasteiger partial charge is 0.290 e. The first-order valence-corrected chi connectivity index (χ1v) is 6.33. The Balaban J connectivity index is 2.89. The maximum atomic E-state index is 12.2. The van der Waals surface area contributed by atoms with Crippen LogP contribution in [-0.4, -0.2) is 41.8 Å². The van der Waals surface area contributed by atoms with Crippen LogP contribution in [-0.2, 0) is 9.59 Å². The van der Waals surface area contributed by atoms with Crippen LogP contribution in [0.4, 0.5) is 0 Å². The fourth-order valence-electron chi connectivity index (χ4n) is 2.50. The number of amides is 1. The number of likely N-dealkylation sites (N-methyl/N-ethyl adjacent to an activating group) is 1. The number of carbonyl (C=O) groups is 2. The van der Waals surface area contributed by atoms with Gasteiger partial charge in [0.05, 0.1) is 0 Å². The molecule has 17 heavy (non-hydrogen) atoms. The van der Waals surface area contributed by atoms with Crippen LogP contribution in [0.2, 0.25) is 0 Å². The SMILES string of the molecule is CNCC1CCC(C)(C)N1C(=O)C(=O)C(C)C. The molecule has 1 aliphatic heterocycles. The summed E-state index contributed by atoms with van der Waals surface area (Å²) in [6.45, 7) is 8.37. The minimum atomic E-state index is -0.317. The Morgan fingerprint density at radius 2 is 2.00 bits per heavy atom. The molecule has 1 amide bonds. The summed E-state index contributed by atoms with van der Waals surface area (Å²) in [5.74, 6) is -0.821. The van der Waals surface area contributed by atoms with E-state index in [0.29, 0.717) is 0 Å². The molecule has 0 radical (unpaired) electrons. The van der Waals surface area contributed by atoms with Gasteiger partial charge in [0.2, 0.25) is 5.78 Å². The Bertz CT molecular complexity index is 311. The number of hydrogen-bond donors (Lipinski definition) is 1. The molecule has 0 aliphatic carbocycles. The Morgan fingerprint density at radius 3 is 2.47 bits per heavy atom. The Labute approximate surface area is 104 Å². The molecule has 1 unspecified atom stereocenters. The highest BCUT2D eigenvalue weighted by Crippen LogP contribution is 2.33. The maximum Gasteiger partial charge on any atom is 0.290 e. The number of Topliss-reactive ketones (excluding diaryl/α,β-unsaturated/α-hetero) is 1. The van der Waals surface area contributed by atoms with E-state index in [1.165, 1.54) is 0 Å². The summed E-state index contributed by atoms with van der Waals surface area (Å²) < 4.78 is 0. The van der Waals surface area contributed by atoms with E-state index in [1.54, 1.807) is 18.7 Å². The minimum absolute atomic E-state index is 0.144. The fourth-order valence-corrected chi connectivity index (χ4v) is 2.50. The first kappa shape index (κ1) is 14.2. The summed E-state index contributed by atoms with van der Waals surface area (Å²) >= 11 is 0. The van der Waals surface area contributed by atoms with Crippen molar-refractivity contribution in [2.45, 2.75) is 52.1 Å². The lowest BCUT2D eigenvalue weighted by Crippen LogP contribution is -2.53. The van der Waals surface area contributed by atoms with Gasteiger partial charge in [-0.3, -0.25) is 9.59 Å². The van der Waals surface area contributed by atoms with Gasteiger partial charge in [-0.15, -0.1) is 0 Å². The van der Waals surface area contributed by atoms with Crippen LogP contribution < -0.4 is 5.32 Å². The molecule has 0 aromatic heterocycles. The van der Waals surface area contributed by atoms with E-state index in [1.807, 2.05) is 20.9 Å². The number of nitrogens with zero attached hydrogens (tertiary/aromatic N) is 1. The largest absolute Gasteiger partial charge is 0.327 e. The third-order valence-corrected chi connectivity index (χ3v) is 3.50. The number of rotatable bonds is 4. The van der Waals surface area contributed by atoms with Crippen molar-refractivity contribution in [3.63, 3.8) is 0 Å². The molecule has 1 aliphatic rings. The van der Waals surface area contributed by atoms with Crippen LogP contribution in [0.3, 0.4) is 0 Å². The topological polar surface area (TPSA) is 49.4 Å². The standard InChI is InChI=1S/C13H24N2O2/c1-9(2)11(16)12(17)15-10(8-14-5)6-7-13(15,3)4/h9-10,14H,6-8H2,1-5H3. The highest BCUT2D eigenvalue weighted by atomic mass is 16.2. The normalized spacial score (nSPS) is 23.2. The van der Waals surface area contributed by atoms with E-state index >= 15 is 0 Å². The van der Waals surface area contributed by atoms with Crippen molar-refractivity contribution < 1.29 is 9.59 Å². The van der Waals surface area contributed by atoms with Crippen LogP contribution in [0.15, 0.2) is 0 Å². The fraction of sp³-hybridized carbons (Fsp3) is 0.846. The zero-order valence-electron chi connectivity index (χ0n) is 11.5. The molecule has 0 bridgehead atoms. The van der Waals surface area contributed by atoms with Crippen LogP contribution >= 0.6 is 0 Å². The first-order valence-electron chi connectivity index (χ1n) is 6.33. The summed E-state index contributed by atoms with van der Waals surface area (Å²) in [6, 6.07) is 0.144. The van der Waals surface area contributed by atoms with E-state index in [2.05, 4.69) is 5.32 Å². The van der Waals surface area contributed by atoms with Gasteiger partial charge in [-0.2, -0.15) is 0 Å². The minimum Gasteiger partial charge on any atom is -0.327 e. The van der Waals surface area contributed by atoms with Gasteiger partial charge in [-0.05, 0) is 33.7 Å². The van der Waals surface area contributed by atoms with Gasteiger partial charge in [0.15, 0.2) is 0 Å². The Morgan fingerprint density at radius 1 is 1.41 bits per heavy atom. The monoisotopic (exact) mass is 240 g/mol. The number of carbonyl (C=O) groups excluding carboxylic acids is 2. The van der Waals surface area contributed by atoms with E-state index in [0.717, 1.165) is 19.4 Å². The molecule has 0 aromatic rings. The third-order valence-electron chi connectivity index (χ3n) is 3.50. The molecule has 0 saturated carbocycles. The van der Waals surface area contributed by atoms with E-state index < -0.39 is 0 Å². The maximum absolute atomic E-state index is 12.2. The average molecular weight is 240 g/mol. The van der Waals surface area contributed by atoms with Crippen molar-refractivity contribution in [2.75, 3.05) is 13.6 Å². The molecule has 1 fully saturated rings. The molecule has 4 heteroatoms. The molecule has 1 rings (SSSR count). The summed E-state index contributed by atoms with van der Waals surface area (Å²) in [5.41, 5.74) is -0.205. The van der Waals surface area contributed by atoms with Gasteiger partial charge < -0.3 is 10.2 Å². The van der Waals surface area contributed by atoms with Crippen LogP contribution in [0.25, 0.3) is 0 Å². The molecule has 1 N–H and O–H groups in total. The highest BCUT2D eigenvalue weighted by Gasteiger charge is 2.44. The second-order valence-corrected chi connectivity index (χ2v) is 5.76. The summed E-state index contributed by atoms with van der Waals surface area (Å²) in [5, 5.41) is 3.10. The summed E-state index contributed by atoms with van der Waals surface area (Å²) in [4.78, 5) is 25.9. The molecule has 4 nitrogen and oxygen atoms in total. The third kappa shape index (κ3) is 2.86. The van der Waals surface area contributed by atoms with Crippen molar-refractivity contribution in [3.8, 4) is 0 Å². The molecule has 98 valence electrons.